The number of aliphatic hydroxyl groups excluding tert-OH is 1. The second-order valence-corrected chi connectivity index (χ2v) is 4.61. The van der Waals surface area contributed by atoms with Gasteiger partial charge in [-0.15, -0.1) is 0 Å². The molecule has 0 aliphatic rings. The first-order chi connectivity index (χ1) is 9.54. The number of halogens is 1. The van der Waals surface area contributed by atoms with Crippen molar-refractivity contribution in [1.82, 2.24) is 5.32 Å². The molecule has 0 spiro atoms. The molecular weight excluding hydrogens is 280 g/mol. The summed E-state index contributed by atoms with van der Waals surface area (Å²) in [6.07, 6.45) is 1.37. The Morgan fingerprint density at radius 1 is 1.20 bits per heavy atom. The number of nitrogens with one attached hydrogen (secondary N) is 2. The molecule has 1 rings (SSSR count). The predicted octanol–water partition coefficient (Wildman–Crippen LogP) is 1.51. The van der Waals surface area contributed by atoms with Crippen LogP contribution in [-0.4, -0.2) is 30.1 Å². The monoisotopic (exact) mass is 298 g/mol. The van der Waals surface area contributed by atoms with E-state index in [1.807, 2.05) is 19.9 Å². The van der Waals surface area contributed by atoms with Crippen molar-refractivity contribution in [2.24, 2.45) is 0 Å². The van der Waals surface area contributed by atoms with E-state index in [9.17, 15) is 9.59 Å². The molecular formula is C14H19ClN2O3. The molecule has 0 heterocycles. The molecule has 0 radical (unpaired) electrons. The van der Waals surface area contributed by atoms with Gasteiger partial charge in [0.1, 0.15) is 0 Å². The Balaban J connectivity index is 2.98. The summed E-state index contributed by atoms with van der Waals surface area (Å²) < 4.78 is 0. The minimum atomic E-state index is -0.775. The van der Waals surface area contributed by atoms with E-state index in [-0.39, 0.29) is 13.2 Å². The van der Waals surface area contributed by atoms with Gasteiger partial charge in [0.15, 0.2) is 0 Å². The van der Waals surface area contributed by atoms with Crippen LogP contribution >= 0.6 is 11.6 Å². The van der Waals surface area contributed by atoms with Crippen LogP contribution in [0.4, 0.5) is 5.69 Å². The molecule has 20 heavy (non-hydrogen) atoms. The zero-order valence-electron chi connectivity index (χ0n) is 11.6. The van der Waals surface area contributed by atoms with Crippen LogP contribution in [0.3, 0.4) is 0 Å². The topological polar surface area (TPSA) is 78.4 Å². The summed E-state index contributed by atoms with van der Waals surface area (Å²) in [7, 11) is 0. The lowest BCUT2D eigenvalue weighted by Crippen LogP contribution is -2.37. The molecule has 1 aromatic rings. The first kappa shape index (κ1) is 16.5. The van der Waals surface area contributed by atoms with E-state index in [4.69, 9.17) is 16.7 Å². The lowest BCUT2D eigenvalue weighted by atomic mass is 10.0. The van der Waals surface area contributed by atoms with E-state index in [1.165, 1.54) is 0 Å². The highest BCUT2D eigenvalue weighted by Crippen LogP contribution is 2.29. The molecule has 3 N–H and O–H groups in total. The number of hydrogen-bond acceptors (Lipinski definition) is 3. The molecule has 0 bridgehead atoms. The lowest BCUT2D eigenvalue weighted by molar-refractivity contribution is -0.136. The van der Waals surface area contributed by atoms with Crippen molar-refractivity contribution in [2.75, 3.05) is 18.5 Å². The molecule has 0 aliphatic heterocycles. The van der Waals surface area contributed by atoms with E-state index in [0.29, 0.717) is 17.1 Å². The summed E-state index contributed by atoms with van der Waals surface area (Å²) in [6, 6.07) is 3.63. The van der Waals surface area contributed by atoms with Crippen LogP contribution in [0.1, 0.15) is 25.0 Å². The van der Waals surface area contributed by atoms with E-state index in [1.54, 1.807) is 6.07 Å². The van der Waals surface area contributed by atoms with Crippen LogP contribution < -0.4 is 10.6 Å². The van der Waals surface area contributed by atoms with Gasteiger partial charge in [0.2, 0.25) is 0 Å². The average molecular weight is 299 g/mol. The fourth-order valence-electron chi connectivity index (χ4n) is 1.89. The van der Waals surface area contributed by atoms with Crippen LogP contribution in [0.25, 0.3) is 0 Å². The molecule has 0 saturated carbocycles. The van der Waals surface area contributed by atoms with E-state index < -0.39 is 11.8 Å². The largest absolute Gasteiger partial charge is 0.395 e. The molecule has 0 aromatic heterocycles. The van der Waals surface area contributed by atoms with Crippen LogP contribution in [0.2, 0.25) is 5.02 Å². The van der Waals surface area contributed by atoms with E-state index >= 15 is 0 Å². The summed E-state index contributed by atoms with van der Waals surface area (Å²) in [5.41, 5.74) is 2.34. The van der Waals surface area contributed by atoms with E-state index in [2.05, 4.69) is 10.6 Å². The van der Waals surface area contributed by atoms with Gasteiger partial charge < -0.3 is 15.7 Å². The SMILES string of the molecule is CCc1ccc(Cl)c(CC)c1NC(=O)C(=O)NCCO. The van der Waals surface area contributed by atoms with Crippen LogP contribution in [-0.2, 0) is 22.4 Å². The number of aryl methyl sites for hydroxylation is 1. The third-order valence-corrected chi connectivity index (χ3v) is 3.27. The average Bonchev–Trinajstić information content (AvgIpc) is 2.45. The van der Waals surface area contributed by atoms with Crippen LogP contribution in [0.15, 0.2) is 12.1 Å². The molecule has 0 unspecified atom stereocenters. The second-order valence-electron chi connectivity index (χ2n) is 4.20. The van der Waals surface area contributed by atoms with Gasteiger partial charge in [-0.1, -0.05) is 31.5 Å². The number of benzene rings is 1. The van der Waals surface area contributed by atoms with Crippen molar-refractivity contribution in [1.29, 1.82) is 0 Å². The zero-order valence-corrected chi connectivity index (χ0v) is 12.4. The Labute approximate surface area is 123 Å². The van der Waals surface area contributed by atoms with Gasteiger partial charge in [0.25, 0.3) is 0 Å². The Morgan fingerprint density at radius 2 is 1.90 bits per heavy atom. The van der Waals surface area contributed by atoms with Gasteiger partial charge in [-0.2, -0.15) is 0 Å². The summed E-state index contributed by atoms with van der Waals surface area (Å²) in [5, 5.41) is 14.1. The summed E-state index contributed by atoms with van der Waals surface area (Å²) >= 11 is 6.12. The van der Waals surface area contributed by atoms with Gasteiger partial charge in [-0.3, -0.25) is 9.59 Å². The van der Waals surface area contributed by atoms with Crippen molar-refractivity contribution < 1.29 is 14.7 Å². The highest BCUT2D eigenvalue weighted by atomic mass is 35.5. The Morgan fingerprint density at radius 3 is 2.45 bits per heavy atom. The Bertz CT molecular complexity index is 503. The first-order valence-corrected chi connectivity index (χ1v) is 6.93. The quantitative estimate of drug-likeness (QED) is 0.721. The van der Waals surface area contributed by atoms with Crippen molar-refractivity contribution in [3.8, 4) is 0 Å². The fourth-order valence-corrected chi connectivity index (χ4v) is 2.18. The Kier molecular flexibility index (Phi) is 6.48. The maximum absolute atomic E-state index is 11.8. The highest BCUT2D eigenvalue weighted by Gasteiger charge is 2.17. The van der Waals surface area contributed by atoms with Gasteiger partial charge in [0.05, 0.1) is 6.61 Å². The molecule has 0 saturated heterocycles. The number of carbonyl (C=O) groups is 2. The van der Waals surface area contributed by atoms with Gasteiger partial charge in [0, 0.05) is 17.3 Å². The standard InChI is InChI=1S/C14H19ClN2O3/c1-3-9-5-6-11(15)10(4-2)12(9)17-14(20)13(19)16-7-8-18/h5-6,18H,3-4,7-8H2,1-2H3,(H,16,19)(H,17,20). The number of rotatable bonds is 5. The van der Waals surface area contributed by atoms with Crippen molar-refractivity contribution in [3.05, 3.63) is 28.3 Å². The van der Waals surface area contributed by atoms with Crippen LogP contribution in [0, 0.1) is 0 Å². The molecule has 6 heteroatoms. The molecule has 0 aliphatic carbocycles. The third-order valence-electron chi connectivity index (χ3n) is 2.92. The number of amides is 2. The maximum Gasteiger partial charge on any atom is 0.313 e. The lowest BCUT2D eigenvalue weighted by Gasteiger charge is -2.15. The minimum Gasteiger partial charge on any atom is -0.395 e. The predicted molar refractivity (Wildman–Crippen MR) is 78.9 cm³/mol. The van der Waals surface area contributed by atoms with Gasteiger partial charge >= 0.3 is 11.8 Å². The normalized spacial score (nSPS) is 10.2. The molecule has 0 fully saturated rings. The number of hydrogen-bond donors (Lipinski definition) is 3. The Hall–Kier alpha value is -1.59. The van der Waals surface area contributed by atoms with Crippen LogP contribution in [0.5, 0.6) is 0 Å². The fraction of sp³-hybridized carbons (Fsp3) is 0.429. The van der Waals surface area contributed by atoms with Crippen molar-refractivity contribution in [3.63, 3.8) is 0 Å². The highest BCUT2D eigenvalue weighted by molar-refractivity contribution is 6.40. The smallest absolute Gasteiger partial charge is 0.313 e. The minimum absolute atomic E-state index is 0.0447. The summed E-state index contributed by atoms with van der Waals surface area (Å²) in [6.45, 7) is 3.73. The van der Waals surface area contributed by atoms with Gasteiger partial charge in [-0.05, 0) is 30.0 Å². The van der Waals surface area contributed by atoms with E-state index in [0.717, 1.165) is 17.5 Å². The molecule has 1 aromatic carbocycles. The number of aliphatic hydroxyl groups is 1. The molecule has 2 amide bonds. The zero-order chi connectivity index (χ0) is 15.1. The maximum atomic E-state index is 11.8. The number of carbonyl (C=O) groups excluding carboxylic acids is 2. The summed E-state index contributed by atoms with van der Waals surface area (Å²) in [4.78, 5) is 23.3. The molecule has 5 nitrogen and oxygen atoms in total. The third kappa shape index (κ3) is 3.95. The van der Waals surface area contributed by atoms with Gasteiger partial charge in [-0.25, -0.2) is 0 Å². The van der Waals surface area contributed by atoms with Crippen molar-refractivity contribution >= 4 is 29.1 Å². The van der Waals surface area contributed by atoms with Crippen molar-refractivity contribution in [2.45, 2.75) is 26.7 Å². The number of anilines is 1. The first-order valence-electron chi connectivity index (χ1n) is 6.55. The molecule has 0 atom stereocenters. The second kappa shape index (κ2) is 7.87. The molecule has 110 valence electrons. The summed E-state index contributed by atoms with van der Waals surface area (Å²) in [5.74, 6) is -1.53.